The molecule has 0 saturated heterocycles. The van der Waals surface area contributed by atoms with Crippen molar-refractivity contribution < 1.29 is 4.74 Å². The number of methoxy groups -OCH3 is 1. The zero-order chi connectivity index (χ0) is 18.3. The molecule has 1 aromatic heterocycles. The Kier molecular flexibility index (Phi) is 4.65. The molecule has 0 bridgehead atoms. The van der Waals surface area contributed by atoms with E-state index < -0.39 is 0 Å². The zero-order valence-corrected chi connectivity index (χ0v) is 16.3. The summed E-state index contributed by atoms with van der Waals surface area (Å²) in [6, 6.07) is 6.40. The number of aromatic nitrogens is 2. The van der Waals surface area contributed by atoms with E-state index in [2.05, 4.69) is 33.2 Å². The fourth-order valence-corrected chi connectivity index (χ4v) is 4.20. The van der Waals surface area contributed by atoms with Crippen LogP contribution in [0.3, 0.4) is 0 Å². The van der Waals surface area contributed by atoms with Crippen molar-refractivity contribution >= 4 is 28.9 Å². The predicted octanol–water partition coefficient (Wildman–Crippen LogP) is 4.74. The van der Waals surface area contributed by atoms with Gasteiger partial charge in [-0.1, -0.05) is 18.0 Å². The van der Waals surface area contributed by atoms with Gasteiger partial charge < -0.3 is 15.0 Å². The zero-order valence-electron chi connectivity index (χ0n) is 15.6. The molecular weight excluding hydrogens is 348 g/mol. The number of fused-ring (bicyclic) bond motifs is 1. The molecule has 1 unspecified atom stereocenters. The highest BCUT2D eigenvalue weighted by Crippen LogP contribution is 2.42. The Hall–Kier alpha value is -2.01. The van der Waals surface area contributed by atoms with Crippen molar-refractivity contribution in [1.82, 2.24) is 9.97 Å². The highest BCUT2D eigenvalue weighted by molar-refractivity contribution is 6.33. The average molecular weight is 373 g/mol. The fourth-order valence-electron chi connectivity index (χ4n) is 3.87. The van der Waals surface area contributed by atoms with Crippen molar-refractivity contribution in [2.75, 3.05) is 23.9 Å². The minimum absolute atomic E-state index is 0.435. The molecule has 4 rings (SSSR count). The Balaban J connectivity index is 1.63. The Labute approximate surface area is 159 Å². The Morgan fingerprint density at radius 2 is 2.08 bits per heavy atom. The summed E-state index contributed by atoms with van der Waals surface area (Å²) < 4.78 is 5.34. The first-order valence-corrected chi connectivity index (χ1v) is 9.69. The van der Waals surface area contributed by atoms with E-state index in [1.165, 1.54) is 24.8 Å². The van der Waals surface area contributed by atoms with Crippen LogP contribution in [0.5, 0.6) is 5.75 Å². The Bertz CT molecular complexity index is 822. The number of aryl methyl sites for hydroxylation is 1. The van der Waals surface area contributed by atoms with Crippen LogP contribution in [0.1, 0.15) is 37.6 Å². The monoisotopic (exact) mass is 372 g/mol. The molecule has 2 heterocycles. The van der Waals surface area contributed by atoms with Crippen molar-refractivity contribution in [2.45, 2.75) is 45.6 Å². The van der Waals surface area contributed by atoms with E-state index in [4.69, 9.17) is 16.3 Å². The van der Waals surface area contributed by atoms with Gasteiger partial charge >= 0.3 is 0 Å². The molecule has 138 valence electrons. The van der Waals surface area contributed by atoms with E-state index >= 15 is 0 Å². The third-order valence-electron chi connectivity index (χ3n) is 5.56. The number of halogens is 1. The SMILES string of the molecule is COc1cc(Cl)c2c(c1)CCN2c1cc(NC(C)C2CCC2)nc(C)n1. The number of anilines is 3. The lowest BCUT2D eigenvalue weighted by atomic mass is 9.80. The van der Waals surface area contributed by atoms with E-state index in [0.29, 0.717) is 11.1 Å². The number of nitrogens with one attached hydrogen (secondary N) is 1. The van der Waals surface area contributed by atoms with Gasteiger partial charge in [0, 0.05) is 24.7 Å². The number of benzene rings is 1. The highest BCUT2D eigenvalue weighted by atomic mass is 35.5. The van der Waals surface area contributed by atoms with Crippen LogP contribution in [-0.4, -0.2) is 29.7 Å². The number of rotatable bonds is 5. The number of hydrogen-bond donors (Lipinski definition) is 1. The summed E-state index contributed by atoms with van der Waals surface area (Å²) in [5.41, 5.74) is 2.23. The molecule has 1 aliphatic heterocycles. The summed E-state index contributed by atoms with van der Waals surface area (Å²) in [6.45, 7) is 5.04. The molecule has 1 atom stereocenters. The molecule has 1 fully saturated rings. The molecule has 1 aliphatic carbocycles. The molecule has 2 aliphatic rings. The summed E-state index contributed by atoms with van der Waals surface area (Å²) in [4.78, 5) is 11.4. The van der Waals surface area contributed by atoms with Gasteiger partial charge in [-0.05, 0) is 50.7 Å². The average Bonchev–Trinajstić information content (AvgIpc) is 2.97. The second kappa shape index (κ2) is 6.95. The standard InChI is InChI=1S/C20H25ClN4O/c1-12(14-5-4-6-14)22-18-11-19(24-13(2)23-18)25-8-7-15-9-16(26-3)10-17(21)20(15)25/h9-12,14H,4-8H2,1-3H3,(H,22,23,24). The molecule has 1 N–H and O–H groups in total. The van der Waals surface area contributed by atoms with E-state index in [1.54, 1.807) is 7.11 Å². The van der Waals surface area contributed by atoms with Gasteiger partial charge in [0.05, 0.1) is 17.8 Å². The first kappa shape index (κ1) is 17.4. The van der Waals surface area contributed by atoms with Crippen LogP contribution in [0, 0.1) is 12.8 Å². The largest absolute Gasteiger partial charge is 0.497 e. The molecule has 5 nitrogen and oxygen atoms in total. The maximum absolute atomic E-state index is 6.55. The molecule has 1 aromatic carbocycles. The Morgan fingerprint density at radius 3 is 2.77 bits per heavy atom. The molecule has 0 radical (unpaired) electrons. The molecule has 2 aromatic rings. The minimum atomic E-state index is 0.435. The number of ether oxygens (including phenoxy) is 1. The lowest BCUT2D eigenvalue weighted by Crippen LogP contribution is -2.31. The van der Waals surface area contributed by atoms with E-state index in [0.717, 1.165) is 47.8 Å². The molecule has 6 heteroatoms. The lowest BCUT2D eigenvalue weighted by molar-refractivity contribution is 0.285. The van der Waals surface area contributed by atoms with Crippen molar-refractivity contribution in [1.29, 1.82) is 0 Å². The van der Waals surface area contributed by atoms with Gasteiger partial charge in [-0.2, -0.15) is 0 Å². The lowest BCUT2D eigenvalue weighted by Gasteiger charge is -2.32. The van der Waals surface area contributed by atoms with Crippen LogP contribution in [-0.2, 0) is 6.42 Å². The van der Waals surface area contributed by atoms with E-state index in [-0.39, 0.29) is 0 Å². The van der Waals surface area contributed by atoms with Gasteiger partial charge in [0.25, 0.3) is 0 Å². The molecule has 26 heavy (non-hydrogen) atoms. The topological polar surface area (TPSA) is 50.3 Å². The van der Waals surface area contributed by atoms with Gasteiger partial charge in [0.2, 0.25) is 0 Å². The third kappa shape index (κ3) is 3.20. The maximum Gasteiger partial charge on any atom is 0.138 e. The summed E-state index contributed by atoms with van der Waals surface area (Å²) in [5, 5.41) is 4.27. The number of hydrogen-bond acceptors (Lipinski definition) is 5. The summed E-state index contributed by atoms with van der Waals surface area (Å²) >= 11 is 6.55. The van der Waals surface area contributed by atoms with Gasteiger partial charge in [-0.25, -0.2) is 9.97 Å². The quantitative estimate of drug-likeness (QED) is 0.821. The second-order valence-electron chi connectivity index (χ2n) is 7.30. The normalized spacial score (nSPS) is 17.6. The van der Waals surface area contributed by atoms with Crippen LogP contribution in [0.25, 0.3) is 0 Å². The first-order valence-electron chi connectivity index (χ1n) is 9.31. The van der Waals surface area contributed by atoms with Crippen molar-refractivity contribution in [3.8, 4) is 5.75 Å². The van der Waals surface area contributed by atoms with Crippen molar-refractivity contribution in [3.63, 3.8) is 0 Å². The molecule has 0 amide bonds. The smallest absolute Gasteiger partial charge is 0.138 e. The predicted molar refractivity (Wildman–Crippen MR) is 106 cm³/mol. The van der Waals surface area contributed by atoms with Crippen LogP contribution in [0.15, 0.2) is 18.2 Å². The van der Waals surface area contributed by atoms with Gasteiger partial charge in [-0.15, -0.1) is 0 Å². The molecular formula is C20H25ClN4O. The van der Waals surface area contributed by atoms with Crippen LogP contribution >= 0.6 is 11.6 Å². The third-order valence-corrected chi connectivity index (χ3v) is 5.85. The summed E-state index contributed by atoms with van der Waals surface area (Å²) in [6.07, 6.45) is 4.89. The summed E-state index contributed by atoms with van der Waals surface area (Å²) in [7, 11) is 1.67. The molecule has 1 saturated carbocycles. The van der Waals surface area contributed by atoms with Gasteiger partial charge in [0.1, 0.15) is 23.2 Å². The first-order chi connectivity index (χ1) is 12.5. The molecule has 0 spiro atoms. The fraction of sp³-hybridized carbons (Fsp3) is 0.500. The maximum atomic E-state index is 6.55. The van der Waals surface area contributed by atoms with Crippen LogP contribution < -0.4 is 15.0 Å². The van der Waals surface area contributed by atoms with Crippen LogP contribution in [0.2, 0.25) is 5.02 Å². The van der Waals surface area contributed by atoms with Gasteiger partial charge in [0.15, 0.2) is 0 Å². The van der Waals surface area contributed by atoms with Gasteiger partial charge in [-0.3, -0.25) is 0 Å². The minimum Gasteiger partial charge on any atom is -0.497 e. The second-order valence-corrected chi connectivity index (χ2v) is 7.71. The number of nitrogens with zero attached hydrogens (tertiary/aromatic N) is 3. The highest BCUT2D eigenvalue weighted by Gasteiger charge is 2.27. The van der Waals surface area contributed by atoms with Crippen molar-refractivity contribution in [3.05, 3.63) is 34.6 Å². The van der Waals surface area contributed by atoms with Crippen LogP contribution in [0.4, 0.5) is 17.3 Å². The van der Waals surface area contributed by atoms with E-state index in [1.807, 2.05) is 19.1 Å². The van der Waals surface area contributed by atoms with Crippen molar-refractivity contribution in [2.24, 2.45) is 5.92 Å². The summed E-state index contributed by atoms with van der Waals surface area (Å²) in [5.74, 6) is 4.11. The Morgan fingerprint density at radius 1 is 1.27 bits per heavy atom. The van der Waals surface area contributed by atoms with E-state index in [9.17, 15) is 0 Å².